The van der Waals surface area contributed by atoms with Crippen LogP contribution in [0.2, 0.25) is 0 Å². The zero-order chi connectivity index (χ0) is 12.0. The second kappa shape index (κ2) is 6.51. The van der Waals surface area contributed by atoms with E-state index in [0.29, 0.717) is 13.1 Å². The fourth-order valence-electron chi connectivity index (χ4n) is 1.60. The van der Waals surface area contributed by atoms with Crippen molar-refractivity contribution in [3.8, 4) is 0 Å². The van der Waals surface area contributed by atoms with E-state index < -0.39 is 6.10 Å². The highest BCUT2D eigenvalue weighted by Crippen LogP contribution is 2.02. The van der Waals surface area contributed by atoms with Crippen molar-refractivity contribution in [1.29, 1.82) is 0 Å². The number of β-amino-alcohol motifs (C(OH)–C–C–N with tert-alkyl or cyclic N) is 1. The highest BCUT2D eigenvalue weighted by Gasteiger charge is 2.19. The van der Waals surface area contributed by atoms with Crippen LogP contribution in [0.3, 0.4) is 0 Å². The molecule has 1 fully saturated rings. The molecule has 0 bridgehead atoms. The van der Waals surface area contributed by atoms with Gasteiger partial charge in [-0.2, -0.15) is 0 Å². The summed E-state index contributed by atoms with van der Waals surface area (Å²) in [6.45, 7) is 8.34. The third kappa shape index (κ3) is 5.23. The first kappa shape index (κ1) is 13.9. The molecule has 1 unspecified atom stereocenters. The van der Waals surface area contributed by atoms with Crippen molar-refractivity contribution in [3.63, 3.8) is 0 Å². The maximum absolute atomic E-state index is 9.83. The first-order valence-corrected chi connectivity index (χ1v) is 5.87. The number of hydrogen-bond acceptors (Lipinski definition) is 5. The van der Waals surface area contributed by atoms with Crippen molar-refractivity contribution in [1.82, 2.24) is 10.2 Å². The van der Waals surface area contributed by atoms with Crippen molar-refractivity contribution < 1.29 is 14.9 Å². The number of nitrogens with one attached hydrogen (secondary N) is 1. The van der Waals surface area contributed by atoms with E-state index in [1.807, 2.05) is 13.8 Å². The Bertz CT molecular complexity index is 194. The lowest BCUT2D eigenvalue weighted by molar-refractivity contribution is 0.0130. The number of nitrogens with zero attached hydrogens (tertiary/aromatic N) is 1. The minimum Gasteiger partial charge on any atom is -0.394 e. The predicted molar refractivity (Wildman–Crippen MR) is 62.4 cm³/mol. The first-order chi connectivity index (χ1) is 7.53. The summed E-state index contributed by atoms with van der Waals surface area (Å²) in [6, 6.07) is 0. The maximum Gasteiger partial charge on any atom is 0.0791 e. The molecule has 1 aliphatic rings. The molecule has 1 atom stereocenters. The van der Waals surface area contributed by atoms with Gasteiger partial charge < -0.3 is 20.3 Å². The molecule has 16 heavy (non-hydrogen) atoms. The van der Waals surface area contributed by atoms with E-state index >= 15 is 0 Å². The Labute approximate surface area is 97.4 Å². The van der Waals surface area contributed by atoms with E-state index in [1.165, 1.54) is 0 Å². The number of aliphatic hydroxyl groups is 2. The molecule has 5 nitrogen and oxygen atoms in total. The summed E-state index contributed by atoms with van der Waals surface area (Å²) in [5.74, 6) is 0. The molecular formula is C11H24N2O3. The van der Waals surface area contributed by atoms with Gasteiger partial charge in [-0.3, -0.25) is 4.90 Å². The van der Waals surface area contributed by atoms with Crippen LogP contribution in [0.25, 0.3) is 0 Å². The lowest BCUT2D eigenvalue weighted by Gasteiger charge is -2.30. The van der Waals surface area contributed by atoms with Crippen LogP contribution in [0, 0.1) is 0 Å². The summed E-state index contributed by atoms with van der Waals surface area (Å²) >= 11 is 0. The van der Waals surface area contributed by atoms with E-state index in [2.05, 4.69) is 10.2 Å². The van der Waals surface area contributed by atoms with Gasteiger partial charge in [0, 0.05) is 31.7 Å². The molecule has 1 aliphatic heterocycles. The largest absolute Gasteiger partial charge is 0.394 e. The highest BCUT2D eigenvalue weighted by molar-refractivity contribution is 4.78. The molecule has 5 heteroatoms. The van der Waals surface area contributed by atoms with Gasteiger partial charge in [-0.05, 0) is 13.8 Å². The van der Waals surface area contributed by atoms with Crippen LogP contribution in [0.5, 0.6) is 0 Å². The molecule has 1 heterocycles. The van der Waals surface area contributed by atoms with Crippen LogP contribution in [-0.2, 0) is 4.74 Å². The van der Waals surface area contributed by atoms with Crippen LogP contribution in [-0.4, -0.2) is 72.8 Å². The fourth-order valence-corrected chi connectivity index (χ4v) is 1.60. The van der Waals surface area contributed by atoms with Crippen molar-refractivity contribution in [2.75, 3.05) is 46.0 Å². The number of ether oxygens (including phenoxy) is 1. The Morgan fingerprint density at radius 2 is 2.00 bits per heavy atom. The highest BCUT2D eigenvalue weighted by atomic mass is 16.5. The SMILES string of the molecule is CC(C)(CO)NCC(O)CN1CCOCC1. The summed E-state index contributed by atoms with van der Waals surface area (Å²) in [4.78, 5) is 2.20. The monoisotopic (exact) mass is 232 g/mol. The first-order valence-electron chi connectivity index (χ1n) is 5.87. The van der Waals surface area contributed by atoms with Gasteiger partial charge >= 0.3 is 0 Å². The zero-order valence-corrected chi connectivity index (χ0v) is 10.3. The molecule has 0 saturated carbocycles. The Hall–Kier alpha value is -0.200. The van der Waals surface area contributed by atoms with Crippen molar-refractivity contribution >= 4 is 0 Å². The van der Waals surface area contributed by atoms with Gasteiger partial charge in [0.1, 0.15) is 0 Å². The molecule has 1 rings (SSSR count). The van der Waals surface area contributed by atoms with Gasteiger partial charge in [0.2, 0.25) is 0 Å². The second-order valence-corrected chi connectivity index (χ2v) is 4.99. The van der Waals surface area contributed by atoms with Crippen LogP contribution in [0.1, 0.15) is 13.8 Å². The van der Waals surface area contributed by atoms with Gasteiger partial charge in [0.15, 0.2) is 0 Å². The Morgan fingerprint density at radius 1 is 1.38 bits per heavy atom. The molecule has 0 aromatic carbocycles. The molecule has 0 aromatic heterocycles. The number of hydrogen-bond donors (Lipinski definition) is 3. The number of morpholine rings is 1. The molecule has 1 saturated heterocycles. The van der Waals surface area contributed by atoms with Crippen LogP contribution in [0.4, 0.5) is 0 Å². The third-order valence-corrected chi connectivity index (χ3v) is 2.78. The molecule has 0 radical (unpaired) electrons. The fraction of sp³-hybridized carbons (Fsp3) is 1.00. The predicted octanol–water partition coefficient (Wildman–Crippen LogP) is -0.960. The maximum atomic E-state index is 9.83. The molecule has 0 spiro atoms. The van der Waals surface area contributed by atoms with Crippen LogP contribution in [0.15, 0.2) is 0 Å². The van der Waals surface area contributed by atoms with E-state index in [-0.39, 0.29) is 12.1 Å². The summed E-state index contributed by atoms with van der Waals surface area (Å²) in [5.41, 5.74) is -0.327. The smallest absolute Gasteiger partial charge is 0.0791 e. The Morgan fingerprint density at radius 3 is 2.56 bits per heavy atom. The van der Waals surface area contributed by atoms with E-state index in [4.69, 9.17) is 9.84 Å². The van der Waals surface area contributed by atoms with Gasteiger partial charge in [-0.1, -0.05) is 0 Å². The summed E-state index contributed by atoms with van der Waals surface area (Å²) < 4.78 is 5.24. The van der Waals surface area contributed by atoms with Gasteiger partial charge in [-0.15, -0.1) is 0 Å². The minimum atomic E-state index is -0.399. The topological polar surface area (TPSA) is 65.0 Å². The Kier molecular flexibility index (Phi) is 5.64. The third-order valence-electron chi connectivity index (χ3n) is 2.78. The quantitative estimate of drug-likeness (QED) is 0.550. The molecule has 3 N–H and O–H groups in total. The standard InChI is InChI=1S/C11H24N2O3/c1-11(2,9-14)12-7-10(15)8-13-3-5-16-6-4-13/h10,12,14-15H,3-9H2,1-2H3. The number of rotatable bonds is 6. The summed E-state index contributed by atoms with van der Waals surface area (Å²) in [7, 11) is 0. The normalized spacial score (nSPS) is 21.0. The van der Waals surface area contributed by atoms with Gasteiger partial charge in [0.25, 0.3) is 0 Å². The average molecular weight is 232 g/mol. The number of aliphatic hydroxyl groups excluding tert-OH is 2. The molecule has 96 valence electrons. The van der Waals surface area contributed by atoms with E-state index in [0.717, 1.165) is 26.3 Å². The molecule has 0 amide bonds. The Balaban J connectivity index is 2.17. The second-order valence-electron chi connectivity index (χ2n) is 4.99. The average Bonchev–Trinajstić information content (AvgIpc) is 2.28. The minimum absolute atomic E-state index is 0.0667. The molecule has 0 aromatic rings. The summed E-state index contributed by atoms with van der Waals surface area (Å²) in [6.07, 6.45) is -0.399. The van der Waals surface area contributed by atoms with E-state index in [1.54, 1.807) is 0 Å². The van der Waals surface area contributed by atoms with Crippen LogP contribution >= 0.6 is 0 Å². The van der Waals surface area contributed by atoms with Crippen molar-refractivity contribution in [3.05, 3.63) is 0 Å². The molecule has 0 aliphatic carbocycles. The van der Waals surface area contributed by atoms with Crippen LogP contribution < -0.4 is 5.32 Å². The lowest BCUT2D eigenvalue weighted by Crippen LogP contribution is -2.49. The van der Waals surface area contributed by atoms with Crippen molar-refractivity contribution in [2.24, 2.45) is 0 Å². The van der Waals surface area contributed by atoms with Gasteiger partial charge in [0.05, 0.1) is 25.9 Å². The van der Waals surface area contributed by atoms with E-state index in [9.17, 15) is 5.11 Å². The van der Waals surface area contributed by atoms with Crippen molar-refractivity contribution in [2.45, 2.75) is 25.5 Å². The summed E-state index contributed by atoms with van der Waals surface area (Å²) in [5, 5.41) is 22.0. The van der Waals surface area contributed by atoms with Gasteiger partial charge in [-0.25, -0.2) is 0 Å². The zero-order valence-electron chi connectivity index (χ0n) is 10.3. The lowest BCUT2D eigenvalue weighted by atomic mass is 10.1. The molecular weight excluding hydrogens is 208 g/mol.